The monoisotopic (exact) mass is 336 g/mol. The number of carboxylic acids is 1. The Kier molecular flexibility index (Phi) is 7.23. The molecule has 0 aliphatic carbocycles. The Hall–Kier alpha value is -2.57. The predicted octanol–water partition coefficient (Wildman–Crippen LogP) is 1.38. The Labute approximate surface area is 141 Å². The number of carbonyl (C=O) groups is 3. The van der Waals surface area contributed by atoms with Crippen LogP contribution in [-0.4, -0.2) is 54.0 Å². The molecule has 0 aliphatic heterocycles. The zero-order valence-corrected chi connectivity index (χ0v) is 14.4. The van der Waals surface area contributed by atoms with Crippen molar-refractivity contribution < 1.29 is 24.2 Å². The van der Waals surface area contributed by atoms with Crippen molar-refractivity contribution in [3.05, 3.63) is 29.8 Å². The standard InChI is InChI=1S/C17H24N2O5/c1-5-19(10-14(20)21)17(23)15(11(2)3)18-16(22)12-8-6-7-9-13(12)24-4/h6-9,11,15H,5,10H2,1-4H3,(H,18,22)(H,20,21). The van der Waals surface area contributed by atoms with Crippen LogP contribution in [0.5, 0.6) is 5.75 Å². The van der Waals surface area contributed by atoms with Gasteiger partial charge in [-0.05, 0) is 25.0 Å². The summed E-state index contributed by atoms with van der Waals surface area (Å²) in [7, 11) is 1.46. The molecule has 0 radical (unpaired) electrons. The number of ether oxygens (including phenoxy) is 1. The fourth-order valence-corrected chi connectivity index (χ4v) is 2.27. The number of para-hydroxylation sites is 1. The largest absolute Gasteiger partial charge is 0.496 e. The maximum absolute atomic E-state index is 12.6. The van der Waals surface area contributed by atoms with Crippen LogP contribution in [0.25, 0.3) is 0 Å². The average Bonchev–Trinajstić information content (AvgIpc) is 2.56. The topological polar surface area (TPSA) is 95.9 Å². The molecular formula is C17H24N2O5. The third-order valence-corrected chi connectivity index (χ3v) is 3.59. The Morgan fingerprint density at radius 2 is 1.88 bits per heavy atom. The van der Waals surface area contributed by atoms with Crippen molar-refractivity contribution in [1.82, 2.24) is 10.2 Å². The number of rotatable bonds is 8. The molecule has 1 atom stereocenters. The molecule has 0 bridgehead atoms. The molecule has 132 valence electrons. The number of likely N-dealkylation sites (N-methyl/N-ethyl adjacent to an activating group) is 1. The number of benzene rings is 1. The summed E-state index contributed by atoms with van der Waals surface area (Å²) in [6.07, 6.45) is 0. The molecule has 0 aromatic heterocycles. The minimum atomic E-state index is -1.09. The van der Waals surface area contributed by atoms with Gasteiger partial charge in [-0.25, -0.2) is 0 Å². The number of carboxylic acid groups (broad SMARTS) is 1. The minimum absolute atomic E-state index is 0.195. The lowest BCUT2D eigenvalue weighted by atomic mass is 10.0. The van der Waals surface area contributed by atoms with Crippen LogP contribution >= 0.6 is 0 Å². The van der Waals surface area contributed by atoms with Gasteiger partial charge < -0.3 is 20.1 Å². The first kappa shape index (κ1) is 19.5. The fraction of sp³-hybridized carbons (Fsp3) is 0.471. The van der Waals surface area contributed by atoms with Gasteiger partial charge in [0.2, 0.25) is 5.91 Å². The Balaban J connectivity index is 2.98. The summed E-state index contributed by atoms with van der Waals surface area (Å²) in [6, 6.07) is 5.88. The first-order chi connectivity index (χ1) is 11.3. The maximum atomic E-state index is 12.6. The second-order valence-electron chi connectivity index (χ2n) is 5.64. The minimum Gasteiger partial charge on any atom is -0.496 e. The van der Waals surface area contributed by atoms with Gasteiger partial charge in [-0.15, -0.1) is 0 Å². The van der Waals surface area contributed by atoms with Crippen molar-refractivity contribution >= 4 is 17.8 Å². The highest BCUT2D eigenvalue weighted by Crippen LogP contribution is 2.18. The Morgan fingerprint density at radius 3 is 2.38 bits per heavy atom. The number of amides is 2. The highest BCUT2D eigenvalue weighted by molar-refractivity contribution is 6.00. The van der Waals surface area contributed by atoms with Crippen LogP contribution in [0.15, 0.2) is 24.3 Å². The van der Waals surface area contributed by atoms with Crippen LogP contribution in [0.4, 0.5) is 0 Å². The van der Waals surface area contributed by atoms with E-state index in [1.165, 1.54) is 12.0 Å². The molecule has 24 heavy (non-hydrogen) atoms. The molecule has 1 aromatic rings. The van der Waals surface area contributed by atoms with Crippen molar-refractivity contribution in [3.63, 3.8) is 0 Å². The molecule has 1 rings (SSSR count). The SMILES string of the molecule is CCN(CC(=O)O)C(=O)C(NC(=O)c1ccccc1OC)C(C)C. The molecule has 0 saturated carbocycles. The smallest absolute Gasteiger partial charge is 0.323 e. The molecule has 7 heteroatoms. The van der Waals surface area contributed by atoms with E-state index in [9.17, 15) is 14.4 Å². The molecule has 0 fully saturated rings. The Bertz CT molecular complexity index is 600. The van der Waals surface area contributed by atoms with Crippen LogP contribution in [0.3, 0.4) is 0 Å². The van der Waals surface area contributed by atoms with E-state index in [0.29, 0.717) is 11.3 Å². The van der Waals surface area contributed by atoms with Gasteiger partial charge in [0.25, 0.3) is 5.91 Å². The highest BCUT2D eigenvalue weighted by Gasteiger charge is 2.29. The van der Waals surface area contributed by atoms with E-state index in [1.54, 1.807) is 45.0 Å². The fourth-order valence-electron chi connectivity index (χ4n) is 2.27. The van der Waals surface area contributed by atoms with Gasteiger partial charge in [-0.3, -0.25) is 14.4 Å². The van der Waals surface area contributed by atoms with Crippen LogP contribution in [0.1, 0.15) is 31.1 Å². The van der Waals surface area contributed by atoms with E-state index in [2.05, 4.69) is 5.32 Å². The number of methoxy groups -OCH3 is 1. The van der Waals surface area contributed by atoms with E-state index >= 15 is 0 Å². The van der Waals surface area contributed by atoms with Crippen LogP contribution in [0, 0.1) is 5.92 Å². The quantitative estimate of drug-likeness (QED) is 0.748. The van der Waals surface area contributed by atoms with Gasteiger partial charge >= 0.3 is 5.97 Å². The first-order valence-electron chi connectivity index (χ1n) is 7.76. The lowest BCUT2D eigenvalue weighted by Crippen LogP contribution is -2.52. The third-order valence-electron chi connectivity index (χ3n) is 3.59. The number of nitrogens with one attached hydrogen (secondary N) is 1. The van der Waals surface area contributed by atoms with Gasteiger partial charge in [0.05, 0.1) is 12.7 Å². The zero-order chi connectivity index (χ0) is 18.3. The van der Waals surface area contributed by atoms with Crippen LogP contribution < -0.4 is 10.1 Å². The number of carbonyl (C=O) groups excluding carboxylic acids is 2. The van der Waals surface area contributed by atoms with E-state index in [-0.39, 0.29) is 12.5 Å². The Morgan fingerprint density at radius 1 is 1.25 bits per heavy atom. The summed E-state index contributed by atoms with van der Waals surface area (Å²) in [5.74, 6) is -1.74. The molecular weight excluding hydrogens is 312 g/mol. The molecule has 2 N–H and O–H groups in total. The molecule has 1 unspecified atom stereocenters. The van der Waals surface area contributed by atoms with E-state index in [4.69, 9.17) is 9.84 Å². The zero-order valence-electron chi connectivity index (χ0n) is 14.4. The first-order valence-corrected chi connectivity index (χ1v) is 7.76. The summed E-state index contributed by atoms with van der Waals surface area (Å²) >= 11 is 0. The molecule has 0 saturated heterocycles. The summed E-state index contributed by atoms with van der Waals surface area (Å²) in [5, 5.41) is 11.6. The molecule has 0 heterocycles. The van der Waals surface area contributed by atoms with Crippen molar-refractivity contribution in [2.45, 2.75) is 26.8 Å². The van der Waals surface area contributed by atoms with E-state index in [0.717, 1.165) is 0 Å². The second-order valence-corrected chi connectivity index (χ2v) is 5.64. The molecule has 2 amide bonds. The third kappa shape index (κ3) is 4.97. The van der Waals surface area contributed by atoms with Gasteiger partial charge in [-0.2, -0.15) is 0 Å². The predicted molar refractivity (Wildman–Crippen MR) is 89.0 cm³/mol. The van der Waals surface area contributed by atoms with E-state index < -0.39 is 30.4 Å². The average molecular weight is 336 g/mol. The summed E-state index contributed by atoms with van der Waals surface area (Å²) in [5.41, 5.74) is 0.319. The van der Waals surface area contributed by atoms with E-state index in [1.807, 2.05) is 0 Å². The summed E-state index contributed by atoms with van der Waals surface area (Å²) in [4.78, 5) is 37.2. The molecule has 0 aliphatic rings. The number of aliphatic carboxylic acids is 1. The van der Waals surface area contributed by atoms with Gasteiger partial charge in [0, 0.05) is 6.54 Å². The molecule has 0 spiro atoms. The maximum Gasteiger partial charge on any atom is 0.323 e. The van der Waals surface area contributed by atoms with Crippen LogP contribution in [-0.2, 0) is 9.59 Å². The lowest BCUT2D eigenvalue weighted by molar-refractivity contribution is -0.145. The molecule has 7 nitrogen and oxygen atoms in total. The number of hydrogen-bond acceptors (Lipinski definition) is 4. The van der Waals surface area contributed by atoms with Crippen LogP contribution in [0.2, 0.25) is 0 Å². The summed E-state index contributed by atoms with van der Waals surface area (Å²) in [6.45, 7) is 5.13. The van der Waals surface area contributed by atoms with Gasteiger partial charge in [0.1, 0.15) is 18.3 Å². The molecule has 1 aromatic carbocycles. The van der Waals surface area contributed by atoms with Crippen molar-refractivity contribution in [3.8, 4) is 5.75 Å². The van der Waals surface area contributed by atoms with Crippen molar-refractivity contribution in [1.29, 1.82) is 0 Å². The van der Waals surface area contributed by atoms with Gasteiger partial charge in [-0.1, -0.05) is 26.0 Å². The van der Waals surface area contributed by atoms with Crippen molar-refractivity contribution in [2.75, 3.05) is 20.2 Å². The second kappa shape index (κ2) is 8.90. The highest BCUT2D eigenvalue weighted by atomic mass is 16.5. The van der Waals surface area contributed by atoms with Gasteiger partial charge in [0.15, 0.2) is 0 Å². The van der Waals surface area contributed by atoms with Crippen molar-refractivity contribution in [2.24, 2.45) is 5.92 Å². The normalized spacial score (nSPS) is 11.7. The number of hydrogen-bond donors (Lipinski definition) is 2. The lowest BCUT2D eigenvalue weighted by Gasteiger charge is -2.28. The summed E-state index contributed by atoms with van der Waals surface area (Å²) < 4.78 is 5.16. The number of nitrogens with zero attached hydrogens (tertiary/aromatic N) is 1.